The Morgan fingerprint density at radius 1 is 0.789 bits per heavy atom. The lowest BCUT2D eigenvalue weighted by Gasteiger charge is -2.27. The molecule has 1 heterocycles. The molecule has 1 aliphatic heterocycles. The molecule has 38 heavy (non-hydrogen) atoms. The Hall–Kier alpha value is -4.42. The van der Waals surface area contributed by atoms with E-state index in [1.807, 2.05) is 0 Å². The summed E-state index contributed by atoms with van der Waals surface area (Å²) in [5, 5.41) is 24.6. The van der Waals surface area contributed by atoms with Gasteiger partial charge in [-0.2, -0.15) is 0 Å². The average Bonchev–Trinajstić information content (AvgIpc) is 2.95. The van der Waals surface area contributed by atoms with Gasteiger partial charge in [0.15, 0.2) is 0 Å². The number of aliphatic carboxylic acids is 2. The Kier molecular flexibility index (Phi) is 9.27. The van der Waals surface area contributed by atoms with Gasteiger partial charge in [0.2, 0.25) is 0 Å². The molecule has 0 saturated carbocycles. The van der Waals surface area contributed by atoms with E-state index in [1.165, 1.54) is 38.4 Å². The molecule has 0 unspecified atom stereocenters. The number of anilines is 1. The number of carboxylic acids is 2. The fourth-order valence-electron chi connectivity index (χ4n) is 4.71. The number of benzene rings is 4. The highest BCUT2D eigenvalue weighted by Crippen LogP contribution is 2.29. The van der Waals surface area contributed by atoms with E-state index in [1.54, 1.807) is 0 Å². The molecule has 0 aromatic heterocycles. The minimum absolute atomic E-state index is 0.558. The van der Waals surface area contributed by atoms with Crippen LogP contribution in [0.5, 0.6) is 0 Å². The zero-order valence-electron chi connectivity index (χ0n) is 21.2. The molecular formula is C32H32N2O4. The first-order valence-electron chi connectivity index (χ1n) is 12.8. The van der Waals surface area contributed by atoms with Crippen LogP contribution in [0.25, 0.3) is 27.1 Å². The Morgan fingerprint density at radius 3 is 2.05 bits per heavy atom. The van der Waals surface area contributed by atoms with Crippen LogP contribution in [0.2, 0.25) is 0 Å². The van der Waals surface area contributed by atoms with Crippen molar-refractivity contribution in [3.63, 3.8) is 0 Å². The van der Waals surface area contributed by atoms with Crippen LogP contribution < -0.4 is 5.32 Å². The second-order valence-electron chi connectivity index (χ2n) is 9.12. The maximum atomic E-state index is 9.55. The Labute approximate surface area is 222 Å². The maximum absolute atomic E-state index is 9.55. The highest BCUT2D eigenvalue weighted by molar-refractivity contribution is 5.94. The summed E-state index contributed by atoms with van der Waals surface area (Å²) in [5.74, 6) is -2.51. The number of nitrogens with one attached hydrogen (secondary N) is 1. The summed E-state index contributed by atoms with van der Waals surface area (Å²) in [6.45, 7) is 4.33. The summed E-state index contributed by atoms with van der Waals surface area (Å²) >= 11 is 0. The largest absolute Gasteiger partial charge is 0.478 e. The van der Waals surface area contributed by atoms with Crippen LogP contribution in [0.4, 0.5) is 5.69 Å². The van der Waals surface area contributed by atoms with Crippen LogP contribution in [0.3, 0.4) is 0 Å². The summed E-state index contributed by atoms with van der Waals surface area (Å²) in [5.41, 5.74) is 4.15. The molecule has 5 rings (SSSR count). The second kappa shape index (κ2) is 13.2. The van der Waals surface area contributed by atoms with Crippen molar-refractivity contribution in [2.75, 3.05) is 31.5 Å². The summed E-state index contributed by atoms with van der Waals surface area (Å²) in [7, 11) is 0. The molecule has 1 aliphatic rings. The van der Waals surface area contributed by atoms with Gasteiger partial charge in [0, 0.05) is 49.4 Å². The molecule has 6 heteroatoms. The Bertz CT molecular complexity index is 1450. The molecular weight excluding hydrogens is 476 g/mol. The summed E-state index contributed by atoms with van der Waals surface area (Å²) in [4.78, 5) is 21.7. The molecule has 194 valence electrons. The molecule has 0 atom stereocenters. The molecule has 6 nitrogen and oxygen atoms in total. The van der Waals surface area contributed by atoms with Gasteiger partial charge in [0.1, 0.15) is 0 Å². The van der Waals surface area contributed by atoms with Gasteiger partial charge in [-0.3, -0.25) is 4.90 Å². The Morgan fingerprint density at radius 2 is 1.39 bits per heavy atom. The molecule has 0 amide bonds. The third kappa shape index (κ3) is 7.31. The molecule has 4 aromatic rings. The first-order valence-corrected chi connectivity index (χ1v) is 12.8. The third-order valence-electron chi connectivity index (χ3n) is 6.55. The van der Waals surface area contributed by atoms with E-state index in [-0.39, 0.29) is 0 Å². The quantitative estimate of drug-likeness (QED) is 0.191. The van der Waals surface area contributed by atoms with E-state index in [0.29, 0.717) is 12.2 Å². The average molecular weight is 509 g/mol. The smallest absolute Gasteiger partial charge is 0.328 e. The minimum atomic E-state index is -1.26. The molecule has 0 radical (unpaired) electrons. The van der Waals surface area contributed by atoms with Crippen molar-refractivity contribution in [2.24, 2.45) is 0 Å². The van der Waals surface area contributed by atoms with Gasteiger partial charge in [0.25, 0.3) is 0 Å². The van der Waals surface area contributed by atoms with Crippen molar-refractivity contribution in [3.8, 4) is 0 Å². The maximum Gasteiger partial charge on any atom is 0.328 e. The molecule has 0 aliphatic carbocycles. The van der Waals surface area contributed by atoms with Crippen molar-refractivity contribution in [1.29, 1.82) is 0 Å². The monoisotopic (exact) mass is 508 g/mol. The second-order valence-corrected chi connectivity index (χ2v) is 9.12. The normalized spacial score (nSPS) is 13.6. The van der Waals surface area contributed by atoms with Crippen molar-refractivity contribution in [3.05, 3.63) is 109 Å². The lowest BCUT2D eigenvalue weighted by Crippen LogP contribution is -2.30. The number of hydrogen-bond acceptors (Lipinski definition) is 4. The topological polar surface area (TPSA) is 89.9 Å². The van der Waals surface area contributed by atoms with Gasteiger partial charge in [0.05, 0.1) is 0 Å². The summed E-state index contributed by atoms with van der Waals surface area (Å²) < 4.78 is 0. The predicted molar refractivity (Wildman–Crippen MR) is 154 cm³/mol. The van der Waals surface area contributed by atoms with Gasteiger partial charge in [-0.1, -0.05) is 84.9 Å². The zero-order valence-corrected chi connectivity index (χ0v) is 21.2. The lowest BCUT2D eigenvalue weighted by molar-refractivity contribution is -0.134. The van der Waals surface area contributed by atoms with Gasteiger partial charge in [-0.05, 0) is 46.2 Å². The van der Waals surface area contributed by atoms with Crippen LogP contribution in [0.1, 0.15) is 18.4 Å². The molecule has 3 N–H and O–H groups in total. The Balaban J connectivity index is 0.000000368. The van der Waals surface area contributed by atoms with Crippen LogP contribution in [-0.4, -0.2) is 53.2 Å². The number of carboxylic acid groups (broad SMARTS) is 2. The van der Waals surface area contributed by atoms with E-state index < -0.39 is 11.9 Å². The van der Waals surface area contributed by atoms with Gasteiger partial charge in [-0.25, -0.2) is 9.59 Å². The van der Waals surface area contributed by atoms with E-state index in [9.17, 15) is 9.59 Å². The van der Waals surface area contributed by atoms with Gasteiger partial charge < -0.3 is 15.5 Å². The van der Waals surface area contributed by atoms with Crippen LogP contribution in [0, 0.1) is 0 Å². The van der Waals surface area contributed by atoms with Crippen molar-refractivity contribution in [2.45, 2.75) is 12.8 Å². The van der Waals surface area contributed by atoms with E-state index in [2.05, 4.69) is 101 Å². The molecule has 4 aromatic carbocycles. The summed E-state index contributed by atoms with van der Waals surface area (Å²) in [6.07, 6.45) is 5.83. The van der Waals surface area contributed by atoms with Gasteiger partial charge >= 0.3 is 11.9 Å². The van der Waals surface area contributed by atoms with Gasteiger partial charge in [-0.15, -0.1) is 0 Å². The minimum Gasteiger partial charge on any atom is -0.478 e. The van der Waals surface area contributed by atoms with Crippen LogP contribution in [0.15, 0.2) is 103 Å². The number of hydrogen-bond donors (Lipinski definition) is 3. The van der Waals surface area contributed by atoms with Crippen molar-refractivity contribution in [1.82, 2.24) is 4.90 Å². The summed E-state index contributed by atoms with van der Waals surface area (Å²) in [6, 6.07) is 30.5. The first kappa shape index (κ1) is 26.6. The lowest BCUT2D eigenvalue weighted by atomic mass is 9.94. The zero-order chi connectivity index (χ0) is 26.7. The molecule has 0 fully saturated rings. The van der Waals surface area contributed by atoms with Crippen molar-refractivity contribution < 1.29 is 19.8 Å². The fourth-order valence-corrected chi connectivity index (χ4v) is 4.71. The number of fused-ring (bicyclic) bond motifs is 2. The van der Waals surface area contributed by atoms with Crippen LogP contribution in [-0.2, 0) is 9.59 Å². The number of rotatable bonds is 8. The van der Waals surface area contributed by atoms with E-state index in [4.69, 9.17) is 10.2 Å². The fraction of sp³-hybridized carbons (Fsp3) is 0.188. The molecule has 0 bridgehead atoms. The van der Waals surface area contributed by atoms with Crippen LogP contribution >= 0.6 is 0 Å². The molecule has 0 saturated heterocycles. The third-order valence-corrected chi connectivity index (χ3v) is 6.55. The highest BCUT2D eigenvalue weighted by Gasteiger charge is 2.14. The highest BCUT2D eigenvalue weighted by atomic mass is 16.4. The SMILES string of the molecule is C1=C(c2cccc3ccccc23)CCN(CCCNc2cccc3ccccc23)C1.O=C(O)/C=C/C(=O)O. The predicted octanol–water partition coefficient (Wildman–Crippen LogP) is 6.30. The van der Waals surface area contributed by atoms with Crippen molar-refractivity contribution >= 4 is 44.7 Å². The standard InChI is InChI=1S/C28H28N2.C4H4O4/c1-3-12-25-22(8-1)10-5-14-26(25)24-16-20-30(21-17-24)19-7-18-29-28-15-6-11-23-9-2-4-13-27(23)28;5-3(6)1-2-4(7)8/h1-6,8-16,29H,7,17-21H2;1-2H,(H,5,6)(H,7,8)/b;2-1+. The number of carbonyl (C=O) groups is 2. The molecule has 0 spiro atoms. The number of nitrogens with zero attached hydrogens (tertiary/aromatic N) is 1. The van der Waals surface area contributed by atoms with E-state index in [0.717, 1.165) is 39.0 Å². The van der Waals surface area contributed by atoms with E-state index >= 15 is 0 Å². The first-order chi connectivity index (χ1) is 18.5.